The molecule has 2 aliphatic rings. The predicted octanol–water partition coefficient (Wildman–Crippen LogP) is 5.37. The van der Waals surface area contributed by atoms with Gasteiger partial charge in [-0.2, -0.15) is 0 Å². The van der Waals surface area contributed by atoms with Crippen molar-refractivity contribution in [3.05, 3.63) is 96.1 Å². The molecule has 0 amide bonds. The van der Waals surface area contributed by atoms with E-state index in [0.717, 1.165) is 11.8 Å². The number of fused-ring (bicyclic) bond motifs is 2. The summed E-state index contributed by atoms with van der Waals surface area (Å²) in [6.07, 6.45) is 1.42. The molecular formula is C28H24N2O2. The number of benzene rings is 4. The summed E-state index contributed by atoms with van der Waals surface area (Å²) in [5.74, 6) is 1.59. The lowest BCUT2D eigenvalue weighted by atomic mass is 10.1. The van der Waals surface area contributed by atoms with Crippen molar-refractivity contribution in [2.45, 2.75) is 24.9 Å². The van der Waals surface area contributed by atoms with Gasteiger partial charge in [-0.25, -0.2) is 9.98 Å². The van der Waals surface area contributed by atoms with Crippen LogP contribution in [0, 0.1) is 0 Å². The van der Waals surface area contributed by atoms with Gasteiger partial charge in [0.05, 0.1) is 0 Å². The largest absolute Gasteiger partial charge is 0.478 e. The third-order valence-electron chi connectivity index (χ3n) is 6.24. The molecule has 2 aliphatic heterocycles. The van der Waals surface area contributed by atoms with E-state index in [1.54, 1.807) is 0 Å². The van der Waals surface area contributed by atoms with E-state index in [1.807, 2.05) is 0 Å². The highest BCUT2D eigenvalue weighted by Gasteiger charge is 2.32. The number of ether oxygens (including phenoxy) is 2. The molecule has 158 valence electrons. The highest BCUT2D eigenvalue weighted by Crippen LogP contribution is 2.22. The average molecular weight is 421 g/mol. The van der Waals surface area contributed by atoms with Gasteiger partial charge < -0.3 is 9.47 Å². The number of rotatable bonds is 5. The Balaban J connectivity index is 1.13. The summed E-state index contributed by atoms with van der Waals surface area (Å²) in [5.41, 5.74) is 2.43. The Morgan fingerprint density at radius 1 is 0.562 bits per heavy atom. The molecule has 2 atom stereocenters. The summed E-state index contributed by atoms with van der Waals surface area (Å²) in [5, 5.41) is 4.99. The number of aliphatic imine (C=N–C) groups is 2. The van der Waals surface area contributed by atoms with E-state index in [-0.39, 0.29) is 12.1 Å². The molecule has 0 radical (unpaired) electrons. The quantitative estimate of drug-likeness (QED) is 0.435. The minimum atomic E-state index is 0.0274. The van der Waals surface area contributed by atoms with Crippen LogP contribution in [0.1, 0.15) is 11.1 Å². The molecule has 4 aromatic carbocycles. The first-order valence-corrected chi connectivity index (χ1v) is 11.1. The van der Waals surface area contributed by atoms with Crippen molar-refractivity contribution in [2.75, 3.05) is 13.2 Å². The molecule has 6 rings (SSSR count). The molecule has 0 aromatic heterocycles. The van der Waals surface area contributed by atoms with E-state index < -0.39 is 0 Å². The van der Waals surface area contributed by atoms with Gasteiger partial charge in [0, 0.05) is 12.8 Å². The van der Waals surface area contributed by atoms with E-state index in [2.05, 4.69) is 84.9 Å². The van der Waals surface area contributed by atoms with Crippen LogP contribution in [0.3, 0.4) is 0 Å². The SMILES string of the molecule is c1ccc2cc(CC3=NC(C4COC(Cc5ccc6ccccc6c5)=N4)CO3)ccc2c1. The topological polar surface area (TPSA) is 43.2 Å². The van der Waals surface area contributed by atoms with Crippen LogP contribution in [-0.4, -0.2) is 37.1 Å². The molecule has 0 N–H and O–H groups in total. The molecule has 0 aliphatic carbocycles. The molecule has 4 aromatic rings. The Morgan fingerprint density at radius 3 is 1.47 bits per heavy atom. The second kappa shape index (κ2) is 8.12. The molecule has 0 saturated carbocycles. The van der Waals surface area contributed by atoms with Gasteiger partial charge in [0.25, 0.3) is 0 Å². The zero-order valence-corrected chi connectivity index (χ0v) is 17.8. The molecular weight excluding hydrogens is 396 g/mol. The van der Waals surface area contributed by atoms with E-state index >= 15 is 0 Å². The van der Waals surface area contributed by atoms with Crippen molar-refractivity contribution in [3.8, 4) is 0 Å². The minimum Gasteiger partial charge on any atom is -0.478 e. The van der Waals surface area contributed by atoms with Gasteiger partial charge in [-0.1, -0.05) is 84.9 Å². The first-order chi connectivity index (χ1) is 15.8. The summed E-state index contributed by atoms with van der Waals surface area (Å²) in [6.45, 7) is 1.15. The van der Waals surface area contributed by atoms with Crippen molar-refractivity contribution in [1.29, 1.82) is 0 Å². The monoisotopic (exact) mass is 420 g/mol. The molecule has 4 nitrogen and oxygen atoms in total. The highest BCUT2D eigenvalue weighted by molar-refractivity contribution is 5.87. The van der Waals surface area contributed by atoms with E-state index in [4.69, 9.17) is 19.5 Å². The van der Waals surface area contributed by atoms with Gasteiger partial charge in [0.2, 0.25) is 0 Å². The molecule has 2 heterocycles. The fourth-order valence-electron chi connectivity index (χ4n) is 4.52. The van der Waals surface area contributed by atoms with E-state index in [9.17, 15) is 0 Å². The first kappa shape index (κ1) is 19.1. The van der Waals surface area contributed by atoms with Crippen LogP contribution >= 0.6 is 0 Å². The van der Waals surface area contributed by atoms with Gasteiger partial charge in [-0.05, 0) is 32.7 Å². The smallest absolute Gasteiger partial charge is 0.188 e. The van der Waals surface area contributed by atoms with E-state index in [0.29, 0.717) is 26.1 Å². The van der Waals surface area contributed by atoms with Crippen molar-refractivity contribution in [1.82, 2.24) is 0 Å². The second-order valence-electron chi connectivity index (χ2n) is 8.52. The maximum Gasteiger partial charge on any atom is 0.188 e. The van der Waals surface area contributed by atoms with Gasteiger partial charge in [0.15, 0.2) is 11.8 Å². The lowest BCUT2D eigenvalue weighted by molar-refractivity contribution is 0.259. The fraction of sp³-hybridized carbons (Fsp3) is 0.214. The van der Waals surface area contributed by atoms with Crippen molar-refractivity contribution in [3.63, 3.8) is 0 Å². The summed E-state index contributed by atoms with van der Waals surface area (Å²) in [7, 11) is 0. The maximum absolute atomic E-state index is 5.92. The Hall–Kier alpha value is -3.66. The van der Waals surface area contributed by atoms with Crippen LogP contribution in [0.15, 0.2) is 94.9 Å². The zero-order valence-electron chi connectivity index (χ0n) is 17.8. The normalized spacial score (nSPS) is 20.1. The van der Waals surface area contributed by atoms with Crippen LogP contribution < -0.4 is 0 Å². The Kier molecular flexibility index (Phi) is 4.83. The lowest BCUT2D eigenvalue weighted by Gasteiger charge is -2.07. The molecule has 32 heavy (non-hydrogen) atoms. The molecule has 0 bridgehead atoms. The molecule has 0 fully saturated rings. The summed E-state index contributed by atoms with van der Waals surface area (Å²) >= 11 is 0. The van der Waals surface area contributed by atoms with Gasteiger partial charge in [-0.15, -0.1) is 0 Å². The summed E-state index contributed by atoms with van der Waals surface area (Å²) in [6, 6.07) is 29.9. The van der Waals surface area contributed by atoms with Crippen molar-refractivity contribution in [2.24, 2.45) is 9.98 Å². The highest BCUT2D eigenvalue weighted by atomic mass is 16.5. The summed E-state index contributed by atoms with van der Waals surface area (Å²) in [4.78, 5) is 9.67. The standard InChI is InChI=1S/C28H24N2O2/c1-3-7-23-13-19(9-11-21(23)5-1)15-27-29-25(17-31-27)26-18-32-28(30-26)16-20-10-12-22-6-2-4-8-24(22)14-20/h1-14,25-26H,15-18H2. The molecule has 4 heteroatoms. The lowest BCUT2D eigenvalue weighted by Crippen LogP contribution is -2.25. The van der Waals surface area contributed by atoms with Crippen LogP contribution in [0.25, 0.3) is 21.5 Å². The Morgan fingerprint density at radius 2 is 1.00 bits per heavy atom. The second-order valence-corrected chi connectivity index (χ2v) is 8.52. The molecule has 2 unspecified atom stereocenters. The number of nitrogens with zero attached hydrogens (tertiary/aromatic N) is 2. The van der Waals surface area contributed by atoms with Crippen LogP contribution in [0.5, 0.6) is 0 Å². The minimum absolute atomic E-state index is 0.0274. The van der Waals surface area contributed by atoms with Gasteiger partial charge >= 0.3 is 0 Å². The third-order valence-corrected chi connectivity index (χ3v) is 6.24. The van der Waals surface area contributed by atoms with Crippen LogP contribution in [-0.2, 0) is 22.3 Å². The van der Waals surface area contributed by atoms with Crippen LogP contribution in [0.2, 0.25) is 0 Å². The first-order valence-electron chi connectivity index (χ1n) is 11.1. The van der Waals surface area contributed by atoms with Crippen LogP contribution in [0.4, 0.5) is 0 Å². The summed E-state index contributed by atoms with van der Waals surface area (Å²) < 4.78 is 11.8. The number of hydrogen-bond donors (Lipinski definition) is 0. The van der Waals surface area contributed by atoms with Gasteiger partial charge in [-0.3, -0.25) is 0 Å². The molecule has 0 spiro atoms. The third kappa shape index (κ3) is 3.84. The average Bonchev–Trinajstić information content (AvgIpc) is 3.48. The Bertz CT molecular complexity index is 1250. The Labute approximate surface area is 187 Å². The van der Waals surface area contributed by atoms with Gasteiger partial charge in [0.1, 0.15) is 25.3 Å². The van der Waals surface area contributed by atoms with E-state index in [1.165, 1.54) is 32.7 Å². The van der Waals surface area contributed by atoms with Crippen molar-refractivity contribution < 1.29 is 9.47 Å². The predicted molar refractivity (Wildman–Crippen MR) is 130 cm³/mol. The van der Waals surface area contributed by atoms with Crippen molar-refractivity contribution >= 4 is 33.3 Å². The molecule has 0 saturated heterocycles. The maximum atomic E-state index is 5.92. The zero-order chi connectivity index (χ0) is 21.3. The number of hydrogen-bond acceptors (Lipinski definition) is 4. The fourth-order valence-corrected chi connectivity index (χ4v) is 4.52.